The molecule has 3 heteroatoms. The van der Waals surface area contributed by atoms with Gasteiger partial charge in [-0.15, -0.1) is 0 Å². The third-order valence-electron chi connectivity index (χ3n) is 1.63. The summed E-state index contributed by atoms with van der Waals surface area (Å²) in [4.78, 5) is 6.61. The molecular formula is C9H7N2O. The minimum atomic E-state index is 0.234. The van der Waals surface area contributed by atoms with Crippen LogP contribution in [0, 0.1) is 6.33 Å². The van der Waals surface area contributed by atoms with E-state index in [-0.39, 0.29) is 5.75 Å². The molecule has 2 N–H and O–H groups in total. The molecule has 0 amide bonds. The molecule has 0 fully saturated rings. The maximum absolute atomic E-state index is 9.41. The number of nitrogens with zero attached hydrogens (tertiary/aromatic N) is 1. The van der Waals surface area contributed by atoms with Crippen LogP contribution in [0.4, 0.5) is 0 Å². The highest BCUT2D eigenvalue weighted by atomic mass is 16.3. The second-order valence-electron chi connectivity index (χ2n) is 2.41. The SMILES string of the molecule is Oc1ccccc1-c1c[nH][c]n1. The summed E-state index contributed by atoms with van der Waals surface area (Å²) in [5, 5.41) is 9.41. The van der Waals surface area contributed by atoms with E-state index in [1.807, 2.05) is 6.07 Å². The van der Waals surface area contributed by atoms with E-state index in [1.54, 1.807) is 24.4 Å². The number of aromatic nitrogens is 2. The number of phenolic OH excluding ortho intramolecular Hbond substituents is 1. The van der Waals surface area contributed by atoms with Crippen LogP contribution in [0.15, 0.2) is 30.5 Å². The molecule has 0 saturated carbocycles. The van der Waals surface area contributed by atoms with Crippen LogP contribution in [0.2, 0.25) is 0 Å². The van der Waals surface area contributed by atoms with Crippen molar-refractivity contribution < 1.29 is 5.11 Å². The second kappa shape index (κ2) is 2.70. The van der Waals surface area contributed by atoms with Gasteiger partial charge in [0, 0.05) is 11.8 Å². The first-order valence-electron chi connectivity index (χ1n) is 3.58. The monoisotopic (exact) mass is 159 g/mol. The fourth-order valence-electron chi connectivity index (χ4n) is 1.05. The molecule has 3 nitrogen and oxygen atoms in total. The van der Waals surface area contributed by atoms with Gasteiger partial charge in [0.1, 0.15) is 5.75 Å². The largest absolute Gasteiger partial charge is 0.507 e. The van der Waals surface area contributed by atoms with Crippen LogP contribution >= 0.6 is 0 Å². The number of rotatable bonds is 1. The van der Waals surface area contributed by atoms with Gasteiger partial charge < -0.3 is 10.1 Å². The Kier molecular flexibility index (Phi) is 1.55. The molecule has 2 rings (SSSR count). The lowest BCUT2D eigenvalue weighted by Gasteiger charge is -1.98. The first-order valence-corrected chi connectivity index (χ1v) is 3.58. The highest BCUT2D eigenvalue weighted by Gasteiger charge is 2.03. The van der Waals surface area contributed by atoms with Gasteiger partial charge in [0.2, 0.25) is 0 Å². The summed E-state index contributed by atoms with van der Waals surface area (Å²) in [6, 6.07) is 7.06. The number of hydrogen-bond acceptors (Lipinski definition) is 2. The number of benzene rings is 1. The summed E-state index contributed by atoms with van der Waals surface area (Å²) in [5.74, 6) is 0.234. The number of aromatic amines is 1. The average molecular weight is 159 g/mol. The van der Waals surface area contributed by atoms with Gasteiger partial charge in [-0.1, -0.05) is 12.1 Å². The van der Waals surface area contributed by atoms with E-state index in [4.69, 9.17) is 0 Å². The minimum Gasteiger partial charge on any atom is -0.507 e. The number of H-pyrrole nitrogens is 1. The number of para-hydroxylation sites is 1. The van der Waals surface area contributed by atoms with Crippen molar-refractivity contribution in [3.05, 3.63) is 36.8 Å². The van der Waals surface area contributed by atoms with Crippen molar-refractivity contribution in [3.8, 4) is 17.0 Å². The molecule has 0 unspecified atom stereocenters. The molecule has 1 aromatic carbocycles. The number of imidazole rings is 1. The van der Waals surface area contributed by atoms with Crippen molar-refractivity contribution in [1.82, 2.24) is 9.97 Å². The van der Waals surface area contributed by atoms with E-state index in [2.05, 4.69) is 16.3 Å². The van der Waals surface area contributed by atoms with Crippen LogP contribution in [-0.2, 0) is 0 Å². The molecule has 0 aliphatic heterocycles. The Hall–Kier alpha value is -1.77. The minimum absolute atomic E-state index is 0.234. The number of nitrogens with one attached hydrogen (secondary N) is 1. The van der Waals surface area contributed by atoms with Gasteiger partial charge in [0.25, 0.3) is 0 Å². The zero-order chi connectivity index (χ0) is 8.39. The second-order valence-corrected chi connectivity index (χ2v) is 2.41. The van der Waals surface area contributed by atoms with Gasteiger partial charge >= 0.3 is 0 Å². The first kappa shape index (κ1) is 6.91. The Morgan fingerprint density at radius 2 is 2.17 bits per heavy atom. The number of hydrogen-bond donors (Lipinski definition) is 2. The third-order valence-corrected chi connectivity index (χ3v) is 1.63. The van der Waals surface area contributed by atoms with Crippen molar-refractivity contribution >= 4 is 0 Å². The van der Waals surface area contributed by atoms with Crippen molar-refractivity contribution in [2.75, 3.05) is 0 Å². The summed E-state index contributed by atoms with van der Waals surface area (Å²) >= 11 is 0. The summed E-state index contributed by atoms with van der Waals surface area (Å²) in [6.07, 6.45) is 4.26. The van der Waals surface area contributed by atoms with Crippen molar-refractivity contribution in [2.45, 2.75) is 0 Å². The van der Waals surface area contributed by atoms with E-state index in [1.165, 1.54) is 0 Å². The van der Waals surface area contributed by atoms with Crippen LogP contribution in [-0.4, -0.2) is 15.1 Å². The predicted molar refractivity (Wildman–Crippen MR) is 44.5 cm³/mol. The molecule has 1 heterocycles. The molecule has 0 saturated heterocycles. The fourth-order valence-corrected chi connectivity index (χ4v) is 1.05. The van der Waals surface area contributed by atoms with Crippen molar-refractivity contribution in [2.24, 2.45) is 0 Å². The van der Waals surface area contributed by atoms with Gasteiger partial charge in [-0.2, -0.15) is 0 Å². The fraction of sp³-hybridized carbons (Fsp3) is 0. The Balaban J connectivity index is 2.55. The number of phenols is 1. The molecule has 1 radical (unpaired) electrons. The molecule has 0 aliphatic rings. The van der Waals surface area contributed by atoms with E-state index in [0.717, 1.165) is 5.56 Å². The molecule has 0 aliphatic carbocycles. The molecule has 12 heavy (non-hydrogen) atoms. The first-order chi connectivity index (χ1) is 5.88. The Labute approximate surface area is 69.7 Å². The van der Waals surface area contributed by atoms with Crippen LogP contribution < -0.4 is 0 Å². The summed E-state index contributed by atoms with van der Waals surface area (Å²) in [5.41, 5.74) is 1.42. The highest BCUT2D eigenvalue weighted by Crippen LogP contribution is 2.25. The van der Waals surface area contributed by atoms with Crippen molar-refractivity contribution in [1.29, 1.82) is 0 Å². The van der Waals surface area contributed by atoms with Gasteiger partial charge in [-0.05, 0) is 12.1 Å². The van der Waals surface area contributed by atoms with E-state index >= 15 is 0 Å². The molecule has 0 bridgehead atoms. The van der Waals surface area contributed by atoms with Gasteiger partial charge in [-0.3, -0.25) is 0 Å². The van der Waals surface area contributed by atoms with Crippen LogP contribution in [0.3, 0.4) is 0 Å². The highest BCUT2D eigenvalue weighted by molar-refractivity contribution is 5.65. The topological polar surface area (TPSA) is 48.9 Å². The lowest BCUT2D eigenvalue weighted by molar-refractivity contribution is 0.477. The van der Waals surface area contributed by atoms with Crippen LogP contribution in [0.25, 0.3) is 11.3 Å². The zero-order valence-electron chi connectivity index (χ0n) is 6.28. The number of aromatic hydroxyl groups is 1. The van der Waals surface area contributed by atoms with Gasteiger partial charge in [-0.25, -0.2) is 4.98 Å². The molecule has 2 aromatic rings. The molecular weight excluding hydrogens is 152 g/mol. The maximum Gasteiger partial charge on any atom is 0.174 e. The van der Waals surface area contributed by atoms with Crippen molar-refractivity contribution in [3.63, 3.8) is 0 Å². The molecule has 1 aromatic heterocycles. The van der Waals surface area contributed by atoms with E-state index < -0.39 is 0 Å². The lowest BCUT2D eigenvalue weighted by atomic mass is 10.1. The summed E-state index contributed by atoms with van der Waals surface area (Å²) in [6.45, 7) is 0. The standard InChI is InChI=1S/C9H7N2O/c12-9-4-2-1-3-7(9)8-5-10-6-11-8/h1-5,12H,(H,10,11). The van der Waals surface area contributed by atoms with E-state index in [9.17, 15) is 5.11 Å². The van der Waals surface area contributed by atoms with Gasteiger partial charge in [0.15, 0.2) is 6.33 Å². The molecule has 0 atom stereocenters. The smallest absolute Gasteiger partial charge is 0.174 e. The summed E-state index contributed by atoms with van der Waals surface area (Å²) < 4.78 is 0. The summed E-state index contributed by atoms with van der Waals surface area (Å²) in [7, 11) is 0. The predicted octanol–water partition coefficient (Wildman–Crippen LogP) is 1.58. The van der Waals surface area contributed by atoms with Crippen LogP contribution in [0.5, 0.6) is 5.75 Å². The normalized spacial score (nSPS) is 10.0. The van der Waals surface area contributed by atoms with Gasteiger partial charge in [0.05, 0.1) is 5.69 Å². The Morgan fingerprint density at radius 1 is 1.33 bits per heavy atom. The Bertz CT molecular complexity index is 368. The maximum atomic E-state index is 9.41. The lowest BCUT2D eigenvalue weighted by Crippen LogP contribution is -1.76. The average Bonchev–Trinajstić information content (AvgIpc) is 2.57. The Morgan fingerprint density at radius 3 is 2.83 bits per heavy atom. The quantitative estimate of drug-likeness (QED) is 0.663. The van der Waals surface area contributed by atoms with E-state index in [0.29, 0.717) is 5.69 Å². The molecule has 0 spiro atoms. The molecule has 59 valence electrons. The van der Waals surface area contributed by atoms with Crippen LogP contribution in [0.1, 0.15) is 0 Å². The third kappa shape index (κ3) is 1.05. The zero-order valence-corrected chi connectivity index (χ0v) is 6.28.